The summed E-state index contributed by atoms with van der Waals surface area (Å²) in [6, 6.07) is -0.233. The molecule has 6 nitrogen and oxygen atoms in total. The Morgan fingerprint density at radius 3 is 3.00 bits per heavy atom. The molecule has 1 saturated heterocycles. The molecule has 2 atom stereocenters. The fourth-order valence-corrected chi connectivity index (χ4v) is 3.47. The third-order valence-corrected chi connectivity index (χ3v) is 4.83. The fraction of sp³-hybridized carbons (Fsp3) is 0.462. The molecule has 0 aromatic carbocycles. The molecule has 0 aliphatic carbocycles. The third-order valence-electron chi connectivity index (χ3n) is 4.03. The number of hydrogen-bond acceptors (Lipinski definition) is 7. The number of nitrogens with zero attached hydrogens (tertiary/aromatic N) is 4. The first-order valence-electron chi connectivity index (χ1n) is 6.78. The summed E-state index contributed by atoms with van der Waals surface area (Å²) in [7, 11) is 0. The summed E-state index contributed by atoms with van der Waals surface area (Å²) in [6.45, 7) is 0.870. The van der Waals surface area contributed by atoms with Gasteiger partial charge in [0.1, 0.15) is 23.3 Å². The van der Waals surface area contributed by atoms with Gasteiger partial charge in [0.2, 0.25) is 5.88 Å². The van der Waals surface area contributed by atoms with Gasteiger partial charge < -0.3 is 14.7 Å². The van der Waals surface area contributed by atoms with Gasteiger partial charge in [-0.15, -0.1) is 0 Å². The van der Waals surface area contributed by atoms with Crippen molar-refractivity contribution in [2.45, 2.75) is 23.7 Å². The number of aromatic nitrogens is 3. The normalized spacial score (nSPS) is 23.4. The highest BCUT2D eigenvalue weighted by Crippen LogP contribution is 2.40. The van der Waals surface area contributed by atoms with Gasteiger partial charge in [0.25, 0.3) is 0 Å². The van der Waals surface area contributed by atoms with E-state index in [4.69, 9.17) is 16.3 Å². The first-order chi connectivity index (χ1) is 10.6. The van der Waals surface area contributed by atoms with Gasteiger partial charge in [-0.1, -0.05) is 23.4 Å². The lowest BCUT2D eigenvalue weighted by molar-refractivity contribution is 0.135. The lowest BCUT2D eigenvalue weighted by atomic mass is 10.2. The van der Waals surface area contributed by atoms with E-state index in [1.165, 1.54) is 11.8 Å². The van der Waals surface area contributed by atoms with E-state index in [9.17, 15) is 9.50 Å². The molecule has 116 valence electrons. The predicted molar refractivity (Wildman–Crippen MR) is 81.3 cm³/mol. The summed E-state index contributed by atoms with van der Waals surface area (Å²) < 4.78 is 20.0. The minimum atomic E-state index is -0.679. The number of aliphatic hydroxyl groups is 1. The summed E-state index contributed by atoms with van der Waals surface area (Å²) in [5, 5.41) is 10.7. The van der Waals surface area contributed by atoms with Crippen LogP contribution in [-0.2, 0) is 0 Å². The number of rotatable bonds is 1. The summed E-state index contributed by atoms with van der Waals surface area (Å²) in [5.74, 6) is 0.0817. The standard InChI is InChI=1S/C13H12ClFN4O2S/c1-22-13-16-9-7-11(18-13)19-3-2-6(20)5(19)4-21-12(7)17-10(14)8(9)15/h5-6,20H,2-4H2,1H3. The highest BCUT2D eigenvalue weighted by Gasteiger charge is 2.39. The lowest BCUT2D eigenvalue weighted by Crippen LogP contribution is -2.39. The van der Waals surface area contributed by atoms with Crippen molar-refractivity contribution in [3.8, 4) is 5.88 Å². The number of anilines is 1. The Morgan fingerprint density at radius 1 is 1.41 bits per heavy atom. The number of ether oxygens (including phenoxy) is 1. The van der Waals surface area contributed by atoms with Gasteiger partial charge in [0.05, 0.1) is 12.1 Å². The van der Waals surface area contributed by atoms with Crippen LogP contribution in [-0.4, -0.2) is 51.6 Å². The van der Waals surface area contributed by atoms with Gasteiger partial charge in [-0.3, -0.25) is 0 Å². The zero-order valence-corrected chi connectivity index (χ0v) is 13.2. The summed E-state index contributed by atoms with van der Waals surface area (Å²) in [4.78, 5) is 14.6. The van der Waals surface area contributed by atoms with Gasteiger partial charge >= 0.3 is 0 Å². The van der Waals surface area contributed by atoms with Crippen LogP contribution >= 0.6 is 23.4 Å². The minimum absolute atomic E-state index is 0.103. The molecule has 22 heavy (non-hydrogen) atoms. The fourth-order valence-electron chi connectivity index (χ4n) is 2.95. The Morgan fingerprint density at radius 2 is 2.23 bits per heavy atom. The number of thioether (sulfide) groups is 1. The second-order valence-electron chi connectivity index (χ2n) is 5.21. The van der Waals surface area contributed by atoms with Gasteiger partial charge in [-0.05, 0) is 12.7 Å². The summed E-state index contributed by atoms with van der Waals surface area (Å²) in [5.41, 5.74) is 0.103. The SMILES string of the molecule is CSc1nc2c3c(nc(Cl)c(F)c3n1)OCC1C(O)CCN21. The van der Waals surface area contributed by atoms with Crippen LogP contribution in [0.2, 0.25) is 5.15 Å². The molecular weight excluding hydrogens is 331 g/mol. The van der Waals surface area contributed by atoms with Crippen LogP contribution in [0.1, 0.15) is 6.42 Å². The average molecular weight is 343 g/mol. The van der Waals surface area contributed by atoms with E-state index in [1.807, 2.05) is 11.2 Å². The quantitative estimate of drug-likeness (QED) is 0.482. The van der Waals surface area contributed by atoms with Crippen LogP contribution in [0.25, 0.3) is 10.9 Å². The van der Waals surface area contributed by atoms with Crippen molar-refractivity contribution in [2.75, 3.05) is 24.3 Å². The number of fused-ring (bicyclic) bond motifs is 2. The maximum Gasteiger partial charge on any atom is 0.228 e. The van der Waals surface area contributed by atoms with Gasteiger partial charge in [0.15, 0.2) is 16.1 Å². The number of pyridine rings is 1. The van der Waals surface area contributed by atoms with Crippen LogP contribution in [0.5, 0.6) is 5.88 Å². The van der Waals surface area contributed by atoms with Crippen molar-refractivity contribution in [2.24, 2.45) is 0 Å². The van der Waals surface area contributed by atoms with Crippen molar-refractivity contribution in [3.05, 3.63) is 11.0 Å². The summed E-state index contributed by atoms with van der Waals surface area (Å²) in [6.07, 6.45) is 1.92. The molecule has 1 fully saturated rings. The molecule has 4 rings (SSSR count). The maximum absolute atomic E-state index is 14.4. The molecule has 0 amide bonds. The van der Waals surface area contributed by atoms with Crippen molar-refractivity contribution < 1.29 is 14.2 Å². The van der Waals surface area contributed by atoms with E-state index in [0.717, 1.165) is 0 Å². The van der Waals surface area contributed by atoms with Crippen LogP contribution < -0.4 is 9.64 Å². The minimum Gasteiger partial charge on any atom is -0.475 e. The maximum atomic E-state index is 14.4. The van der Waals surface area contributed by atoms with Crippen LogP contribution in [0.15, 0.2) is 5.16 Å². The van der Waals surface area contributed by atoms with Crippen molar-refractivity contribution >= 4 is 40.1 Å². The molecule has 2 aromatic heterocycles. The lowest BCUT2D eigenvalue weighted by Gasteiger charge is -2.24. The highest BCUT2D eigenvalue weighted by molar-refractivity contribution is 7.98. The second kappa shape index (κ2) is 5.07. The zero-order chi connectivity index (χ0) is 15.4. The van der Waals surface area contributed by atoms with Crippen molar-refractivity contribution in [3.63, 3.8) is 0 Å². The van der Waals surface area contributed by atoms with E-state index < -0.39 is 11.9 Å². The Kier molecular flexibility index (Phi) is 3.28. The van der Waals surface area contributed by atoms with E-state index in [0.29, 0.717) is 29.3 Å². The van der Waals surface area contributed by atoms with Crippen LogP contribution in [0.3, 0.4) is 0 Å². The van der Waals surface area contributed by atoms with Gasteiger partial charge in [0, 0.05) is 6.54 Å². The zero-order valence-electron chi connectivity index (χ0n) is 11.6. The Bertz CT molecular complexity index is 778. The molecular formula is C13H12ClFN4O2S. The predicted octanol–water partition coefficient (Wildman–Crippen LogP) is 1.87. The number of hydrogen-bond donors (Lipinski definition) is 1. The molecule has 9 heteroatoms. The molecule has 1 N–H and O–H groups in total. The second-order valence-corrected chi connectivity index (χ2v) is 6.34. The smallest absolute Gasteiger partial charge is 0.228 e. The Balaban J connectivity index is 2.06. The van der Waals surface area contributed by atoms with Crippen molar-refractivity contribution in [1.82, 2.24) is 15.0 Å². The molecule has 2 aliphatic rings. The molecule has 2 unspecified atom stereocenters. The van der Waals surface area contributed by atoms with Crippen LogP contribution in [0, 0.1) is 5.82 Å². The highest BCUT2D eigenvalue weighted by atomic mass is 35.5. The number of halogens is 2. The van der Waals surface area contributed by atoms with Crippen LogP contribution in [0.4, 0.5) is 10.2 Å². The molecule has 2 aliphatic heterocycles. The molecule has 4 heterocycles. The van der Waals surface area contributed by atoms with Gasteiger partial charge in [-0.25, -0.2) is 14.4 Å². The largest absolute Gasteiger partial charge is 0.475 e. The first kappa shape index (κ1) is 14.2. The summed E-state index contributed by atoms with van der Waals surface area (Å²) >= 11 is 7.17. The van der Waals surface area contributed by atoms with E-state index >= 15 is 0 Å². The first-order valence-corrected chi connectivity index (χ1v) is 8.38. The van der Waals surface area contributed by atoms with Gasteiger partial charge in [-0.2, -0.15) is 4.98 Å². The Hall–Kier alpha value is -1.38. The Labute approximate surface area is 134 Å². The number of aliphatic hydroxyl groups excluding tert-OH is 1. The average Bonchev–Trinajstić information content (AvgIpc) is 2.81. The van der Waals surface area contributed by atoms with E-state index in [2.05, 4.69) is 15.0 Å². The molecule has 0 radical (unpaired) electrons. The van der Waals surface area contributed by atoms with E-state index in [-0.39, 0.29) is 29.2 Å². The van der Waals surface area contributed by atoms with Crippen molar-refractivity contribution in [1.29, 1.82) is 0 Å². The third kappa shape index (κ3) is 1.94. The molecule has 0 bridgehead atoms. The molecule has 0 saturated carbocycles. The topological polar surface area (TPSA) is 71.4 Å². The monoisotopic (exact) mass is 342 g/mol. The molecule has 2 aromatic rings. The molecule has 0 spiro atoms. The van der Waals surface area contributed by atoms with E-state index in [1.54, 1.807) is 0 Å².